The summed E-state index contributed by atoms with van der Waals surface area (Å²) in [6, 6.07) is 0. The lowest BCUT2D eigenvalue weighted by Gasteiger charge is -2.37. The lowest BCUT2D eigenvalue weighted by atomic mass is 10.4. The van der Waals surface area contributed by atoms with Crippen molar-refractivity contribution in [3.8, 4) is 0 Å². The summed E-state index contributed by atoms with van der Waals surface area (Å²) in [6.07, 6.45) is 0. The fourth-order valence-electron chi connectivity index (χ4n) is 1.34. The molecular weight excluding hydrogens is 138 g/mol. The first-order valence-corrected chi connectivity index (χ1v) is 4.38. The summed E-state index contributed by atoms with van der Waals surface area (Å²) < 4.78 is 0. The molecule has 1 heterocycles. The monoisotopic (exact) mass is 157 g/mol. The standard InChI is InChI=1S/C8H19N3/c1-4-10(3)11-7-5-9(2)6-8-11/h4-8H2,1-3H3. The van der Waals surface area contributed by atoms with Gasteiger partial charge >= 0.3 is 0 Å². The number of nitrogens with zero attached hydrogens (tertiary/aromatic N) is 3. The van der Waals surface area contributed by atoms with Crippen LogP contribution in [0.15, 0.2) is 0 Å². The molecule has 0 aromatic carbocycles. The molecule has 11 heavy (non-hydrogen) atoms. The highest BCUT2D eigenvalue weighted by Gasteiger charge is 2.15. The highest BCUT2D eigenvalue weighted by molar-refractivity contribution is 4.66. The quantitative estimate of drug-likeness (QED) is 0.563. The third-order valence-corrected chi connectivity index (χ3v) is 2.42. The maximum Gasteiger partial charge on any atom is 0.0261 e. The lowest BCUT2D eigenvalue weighted by Crippen LogP contribution is -2.51. The molecule has 66 valence electrons. The van der Waals surface area contributed by atoms with Gasteiger partial charge in [-0.3, -0.25) is 0 Å². The third-order valence-electron chi connectivity index (χ3n) is 2.42. The number of hydrogen-bond donors (Lipinski definition) is 0. The number of rotatable bonds is 2. The molecule has 1 aliphatic rings. The Morgan fingerprint density at radius 2 is 1.73 bits per heavy atom. The van der Waals surface area contributed by atoms with Crippen LogP contribution in [0, 0.1) is 0 Å². The van der Waals surface area contributed by atoms with Gasteiger partial charge in [0.15, 0.2) is 0 Å². The zero-order valence-corrected chi connectivity index (χ0v) is 7.88. The highest BCUT2D eigenvalue weighted by atomic mass is 15.6. The van der Waals surface area contributed by atoms with Crippen LogP contribution >= 0.6 is 0 Å². The topological polar surface area (TPSA) is 9.72 Å². The summed E-state index contributed by atoms with van der Waals surface area (Å²) >= 11 is 0. The molecule has 1 aliphatic heterocycles. The molecule has 3 nitrogen and oxygen atoms in total. The predicted molar refractivity (Wildman–Crippen MR) is 47.4 cm³/mol. The Labute approximate surface area is 69.5 Å². The van der Waals surface area contributed by atoms with Crippen molar-refractivity contribution >= 4 is 0 Å². The van der Waals surface area contributed by atoms with Crippen LogP contribution in [0.3, 0.4) is 0 Å². The molecule has 0 N–H and O–H groups in total. The fraction of sp³-hybridized carbons (Fsp3) is 1.00. The molecule has 0 aromatic rings. The summed E-state index contributed by atoms with van der Waals surface area (Å²) in [6.45, 7) is 8.07. The van der Waals surface area contributed by atoms with E-state index in [9.17, 15) is 0 Å². The summed E-state index contributed by atoms with van der Waals surface area (Å²) in [5, 5.41) is 4.72. The highest BCUT2D eigenvalue weighted by Crippen LogP contribution is 2.00. The minimum atomic E-state index is 1.11. The molecule has 0 aliphatic carbocycles. The molecule has 0 saturated carbocycles. The summed E-state index contributed by atoms with van der Waals surface area (Å²) in [4.78, 5) is 2.38. The SMILES string of the molecule is CCN(C)N1CCN(C)CC1. The van der Waals surface area contributed by atoms with Gasteiger partial charge in [0.1, 0.15) is 0 Å². The minimum Gasteiger partial charge on any atom is -0.304 e. The first-order chi connectivity index (χ1) is 5.24. The van der Waals surface area contributed by atoms with Gasteiger partial charge in [-0.25, -0.2) is 10.0 Å². The third kappa shape index (κ3) is 2.43. The van der Waals surface area contributed by atoms with Crippen LogP contribution in [0.5, 0.6) is 0 Å². The molecule has 0 unspecified atom stereocenters. The van der Waals surface area contributed by atoms with Crippen LogP contribution in [-0.2, 0) is 0 Å². The van der Waals surface area contributed by atoms with Crippen molar-refractivity contribution in [2.75, 3.05) is 46.8 Å². The molecule has 0 aromatic heterocycles. The second-order valence-electron chi connectivity index (χ2n) is 3.23. The van der Waals surface area contributed by atoms with E-state index < -0.39 is 0 Å². The molecule has 0 amide bonds. The second-order valence-corrected chi connectivity index (χ2v) is 3.23. The van der Waals surface area contributed by atoms with Gasteiger partial charge in [-0.2, -0.15) is 0 Å². The van der Waals surface area contributed by atoms with Crippen LogP contribution in [0.4, 0.5) is 0 Å². The average molecular weight is 157 g/mol. The second kappa shape index (κ2) is 4.04. The molecule has 0 atom stereocenters. The van der Waals surface area contributed by atoms with Gasteiger partial charge < -0.3 is 4.90 Å². The first-order valence-electron chi connectivity index (χ1n) is 4.38. The maximum atomic E-state index is 2.42. The number of piperazine rings is 1. The lowest BCUT2D eigenvalue weighted by molar-refractivity contribution is -0.0293. The van der Waals surface area contributed by atoms with Gasteiger partial charge in [0.2, 0.25) is 0 Å². The van der Waals surface area contributed by atoms with E-state index in [1.54, 1.807) is 0 Å². The van der Waals surface area contributed by atoms with Crippen molar-refractivity contribution in [2.45, 2.75) is 6.92 Å². The number of hydrazine groups is 1. The summed E-state index contributed by atoms with van der Waals surface area (Å²) in [7, 11) is 4.34. The summed E-state index contributed by atoms with van der Waals surface area (Å²) in [5.41, 5.74) is 0. The zero-order valence-electron chi connectivity index (χ0n) is 7.88. The van der Waals surface area contributed by atoms with Crippen molar-refractivity contribution in [1.82, 2.24) is 14.9 Å². The van der Waals surface area contributed by atoms with Gasteiger partial charge in [0.25, 0.3) is 0 Å². The smallest absolute Gasteiger partial charge is 0.0261 e. The van der Waals surface area contributed by atoms with Crippen LogP contribution in [0.2, 0.25) is 0 Å². The van der Waals surface area contributed by atoms with Gasteiger partial charge in [-0.05, 0) is 7.05 Å². The molecule has 1 rings (SSSR count). The van der Waals surface area contributed by atoms with Crippen LogP contribution in [0.25, 0.3) is 0 Å². The van der Waals surface area contributed by atoms with Gasteiger partial charge in [0.05, 0.1) is 0 Å². The van der Waals surface area contributed by atoms with Gasteiger partial charge in [0, 0.05) is 39.8 Å². The molecular formula is C8H19N3. The van der Waals surface area contributed by atoms with Crippen molar-refractivity contribution in [3.63, 3.8) is 0 Å². The Morgan fingerprint density at radius 3 is 2.18 bits per heavy atom. The average Bonchev–Trinajstić information content (AvgIpc) is 2.05. The first kappa shape index (κ1) is 8.97. The normalized spacial score (nSPS) is 22.9. The van der Waals surface area contributed by atoms with Crippen LogP contribution in [0.1, 0.15) is 6.92 Å². The van der Waals surface area contributed by atoms with E-state index in [1.165, 1.54) is 26.2 Å². The van der Waals surface area contributed by atoms with E-state index in [-0.39, 0.29) is 0 Å². The van der Waals surface area contributed by atoms with Crippen molar-refractivity contribution in [1.29, 1.82) is 0 Å². The Bertz CT molecular complexity index is 108. The molecule has 0 radical (unpaired) electrons. The van der Waals surface area contributed by atoms with E-state index in [0.717, 1.165) is 6.54 Å². The van der Waals surface area contributed by atoms with Crippen molar-refractivity contribution in [3.05, 3.63) is 0 Å². The van der Waals surface area contributed by atoms with Crippen molar-refractivity contribution < 1.29 is 0 Å². The molecule has 3 heteroatoms. The van der Waals surface area contributed by atoms with Crippen molar-refractivity contribution in [2.24, 2.45) is 0 Å². The maximum absolute atomic E-state index is 2.42. The van der Waals surface area contributed by atoms with E-state index in [4.69, 9.17) is 0 Å². The van der Waals surface area contributed by atoms with Crippen LogP contribution in [-0.4, -0.2) is 61.7 Å². The van der Waals surface area contributed by atoms with Gasteiger partial charge in [-0.15, -0.1) is 0 Å². The molecule has 0 spiro atoms. The predicted octanol–water partition coefficient (Wildman–Crippen LogP) is 0.100. The number of hydrogen-bond acceptors (Lipinski definition) is 3. The van der Waals surface area contributed by atoms with Crippen LogP contribution < -0.4 is 0 Å². The van der Waals surface area contributed by atoms with E-state index in [0.29, 0.717) is 0 Å². The Hall–Kier alpha value is -0.120. The molecule has 1 saturated heterocycles. The zero-order chi connectivity index (χ0) is 8.27. The summed E-state index contributed by atoms with van der Waals surface area (Å²) in [5.74, 6) is 0. The van der Waals surface area contributed by atoms with E-state index in [1.807, 2.05) is 0 Å². The largest absolute Gasteiger partial charge is 0.304 e. The Kier molecular flexibility index (Phi) is 3.30. The minimum absolute atomic E-state index is 1.11. The number of likely N-dealkylation sites (N-methyl/N-ethyl adjacent to an activating group) is 1. The Morgan fingerprint density at radius 1 is 1.18 bits per heavy atom. The molecule has 1 fully saturated rings. The Balaban J connectivity index is 2.27. The molecule has 0 bridgehead atoms. The van der Waals surface area contributed by atoms with Gasteiger partial charge in [-0.1, -0.05) is 6.92 Å². The fourth-order valence-corrected chi connectivity index (χ4v) is 1.34. The van der Waals surface area contributed by atoms with E-state index >= 15 is 0 Å². The van der Waals surface area contributed by atoms with E-state index in [2.05, 4.69) is 35.9 Å².